The summed E-state index contributed by atoms with van der Waals surface area (Å²) in [5.41, 5.74) is 7.44. The van der Waals surface area contributed by atoms with Crippen molar-refractivity contribution >= 4 is 29.6 Å². The van der Waals surface area contributed by atoms with Gasteiger partial charge in [-0.2, -0.15) is 5.10 Å². The van der Waals surface area contributed by atoms with Gasteiger partial charge < -0.3 is 15.8 Å². The lowest BCUT2D eigenvalue weighted by Gasteiger charge is -2.05. The highest BCUT2D eigenvalue weighted by Gasteiger charge is 2.14. The van der Waals surface area contributed by atoms with Gasteiger partial charge in [0, 0.05) is 0 Å². The maximum Gasteiger partial charge on any atom is 0.329 e. The van der Waals surface area contributed by atoms with E-state index in [0.29, 0.717) is 11.3 Å². The number of hydrazone groups is 1. The molecule has 0 atom stereocenters. The first-order valence-electron chi connectivity index (χ1n) is 7.36. The van der Waals surface area contributed by atoms with E-state index in [1.165, 1.54) is 24.4 Å². The summed E-state index contributed by atoms with van der Waals surface area (Å²) >= 11 is 0. The topological polar surface area (TPSA) is 123 Å². The molecule has 0 aliphatic rings. The third-order valence-electron chi connectivity index (χ3n) is 2.95. The molecule has 2 aromatic rings. The van der Waals surface area contributed by atoms with E-state index in [4.69, 9.17) is 10.5 Å². The van der Waals surface area contributed by atoms with Crippen LogP contribution in [0.4, 0.5) is 10.1 Å². The van der Waals surface area contributed by atoms with Crippen molar-refractivity contribution in [2.24, 2.45) is 10.8 Å². The molecule has 0 heterocycles. The maximum atomic E-state index is 13.4. The normalized spacial score (nSPS) is 10.3. The Morgan fingerprint density at radius 3 is 2.62 bits per heavy atom. The highest BCUT2D eigenvalue weighted by Crippen LogP contribution is 2.12. The molecule has 0 radical (unpaired) electrons. The summed E-state index contributed by atoms with van der Waals surface area (Å²) in [6, 6.07) is 11.9. The smallest absolute Gasteiger partial charge is 0.329 e. The second-order valence-corrected chi connectivity index (χ2v) is 4.96. The fraction of sp³-hybridized carbons (Fsp3) is 0.0588. The standard InChI is InChI=1S/C17H15FN4O4/c18-13-6-1-2-7-14(13)21-16(24)17(25)22-20-9-11-4-3-5-12(8-11)26-10-15(19)23/h1-9H,10H2,(H2,19,23)(H,21,24)(H,22,25)/b20-9+. The lowest BCUT2D eigenvalue weighted by atomic mass is 10.2. The number of para-hydroxylation sites is 1. The van der Waals surface area contributed by atoms with Crippen molar-refractivity contribution in [3.63, 3.8) is 0 Å². The Hall–Kier alpha value is -3.75. The molecular weight excluding hydrogens is 343 g/mol. The zero-order valence-electron chi connectivity index (χ0n) is 13.4. The molecule has 0 unspecified atom stereocenters. The number of carbonyl (C=O) groups is 3. The minimum absolute atomic E-state index is 0.115. The van der Waals surface area contributed by atoms with E-state index >= 15 is 0 Å². The van der Waals surface area contributed by atoms with Gasteiger partial charge in [-0.15, -0.1) is 0 Å². The van der Waals surface area contributed by atoms with Crippen LogP contribution in [0.15, 0.2) is 53.6 Å². The summed E-state index contributed by atoms with van der Waals surface area (Å²) in [5, 5.41) is 5.77. The molecule has 2 rings (SSSR count). The van der Waals surface area contributed by atoms with Crippen molar-refractivity contribution < 1.29 is 23.5 Å². The number of nitrogens with zero attached hydrogens (tertiary/aromatic N) is 1. The molecule has 4 N–H and O–H groups in total. The Kier molecular flexibility index (Phi) is 6.38. The van der Waals surface area contributed by atoms with E-state index in [0.717, 1.165) is 6.07 Å². The van der Waals surface area contributed by atoms with E-state index in [1.54, 1.807) is 24.3 Å². The lowest BCUT2D eigenvalue weighted by Crippen LogP contribution is -2.32. The van der Waals surface area contributed by atoms with Crippen LogP contribution in [0.25, 0.3) is 0 Å². The summed E-state index contributed by atoms with van der Waals surface area (Å²) in [5.74, 6) is -3.02. The van der Waals surface area contributed by atoms with Crippen molar-refractivity contribution in [1.29, 1.82) is 0 Å². The highest BCUT2D eigenvalue weighted by atomic mass is 19.1. The van der Waals surface area contributed by atoms with Crippen molar-refractivity contribution in [2.45, 2.75) is 0 Å². The van der Waals surface area contributed by atoms with Gasteiger partial charge in [-0.3, -0.25) is 14.4 Å². The predicted molar refractivity (Wildman–Crippen MR) is 91.9 cm³/mol. The lowest BCUT2D eigenvalue weighted by molar-refractivity contribution is -0.136. The molecule has 0 saturated heterocycles. The van der Waals surface area contributed by atoms with Crippen LogP contribution in [-0.4, -0.2) is 30.5 Å². The van der Waals surface area contributed by atoms with Crippen LogP contribution in [-0.2, 0) is 14.4 Å². The number of rotatable bonds is 6. The minimum atomic E-state index is -1.06. The summed E-state index contributed by atoms with van der Waals surface area (Å²) < 4.78 is 18.5. The number of hydrogen-bond donors (Lipinski definition) is 3. The van der Waals surface area contributed by atoms with E-state index < -0.39 is 23.5 Å². The fourth-order valence-electron chi connectivity index (χ4n) is 1.80. The third kappa shape index (κ3) is 5.71. The van der Waals surface area contributed by atoms with Crippen LogP contribution in [0.3, 0.4) is 0 Å². The molecule has 8 nitrogen and oxygen atoms in total. The Morgan fingerprint density at radius 2 is 1.88 bits per heavy atom. The number of nitrogens with one attached hydrogen (secondary N) is 2. The number of hydrogen-bond acceptors (Lipinski definition) is 5. The van der Waals surface area contributed by atoms with Crippen molar-refractivity contribution in [3.05, 3.63) is 59.9 Å². The molecule has 3 amide bonds. The van der Waals surface area contributed by atoms with Gasteiger partial charge in [0.15, 0.2) is 6.61 Å². The predicted octanol–water partition coefficient (Wildman–Crippen LogP) is 0.779. The Bertz CT molecular complexity index is 854. The first kappa shape index (κ1) is 18.6. The molecule has 2 aromatic carbocycles. The van der Waals surface area contributed by atoms with Crippen molar-refractivity contribution in [1.82, 2.24) is 5.43 Å². The quantitative estimate of drug-likeness (QED) is 0.401. The summed E-state index contributed by atoms with van der Waals surface area (Å²) in [6.07, 6.45) is 1.27. The number of nitrogens with two attached hydrogens (primary N) is 1. The molecule has 0 aliphatic carbocycles. The van der Waals surface area contributed by atoms with Crippen LogP contribution >= 0.6 is 0 Å². The molecule has 26 heavy (non-hydrogen) atoms. The average Bonchev–Trinajstić information content (AvgIpc) is 2.62. The first-order chi connectivity index (χ1) is 12.5. The molecule has 9 heteroatoms. The number of amides is 3. The molecule has 0 spiro atoms. The summed E-state index contributed by atoms with van der Waals surface area (Å²) in [7, 11) is 0. The fourth-order valence-corrected chi connectivity index (χ4v) is 1.80. The van der Waals surface area contributed by atoms with Gasteiger partial charge in [0.1, 0.15) is 11.6 Å². The number of ether oxygens (including phenoxy) is 1. The first-order valence-corrected chi connectivity index (χ1v) is 7.36. The van der Waals surface area contributed by atoms with Crippen LogP contribution in [0.5, 0.6) is 5.75 Å². The Labute approximate surface area is 147 Å². The van der Waals surface area contributed by atoms with Gasteiger partial charge in [-0.1, -0.05) is 24.3 Å². The summed E-state index contributed by atoms with van der Waals surface area (Å²) in [4.78, 5) is 34.0. The molecular formula is C17H15FN4O4. The van der Waals surface area contributed by atoms with Gasteiger partial charge >= 0.3 is 11.8 Å². The largest absolute Gasteiger partial charge is 0.484 e. The SMILES string of the molecule is NC(=O)COc1cccc(/C=N/NC(=O)C(=O)Nc2ccccc2F)c1. The van der Waals surface area contributed by atoms with Gasteiger partial charge in [-0.25, -0.2) is 9.82 Å². The van der Waals surface area contributed by atoms with Crippen molar-refractivity contribution in [2.75, 3.05) is 11.9 Å². The summed E-state index contributed by atoms with van der Waals surface area (Å²) in [6.45, 7) is -0.270. The Morgan fingerprint density at radius 1 is 1.12 bits per heavy atom. The van der Waals surface area contributed by atoms with Crippen LogP contribution in [0, 0.1) is 5.82 Å². The second kappa shape index (κ2) is 8.92. The van der Waals surface area contributed by atoms with E-state index in [1.807, 2.05) is 5.43 Å². The Balaban J connectivity index is 1.90. The number of primary amides is 1. The monoisotopic (exact) mass is 358 g/mol. The van der Waals surface area contributed by atoms with E-state index in [2.05, 4.69) is 10.4 Å². The van der Waals surface area contributed by atoms with Gasteiger partial charge in [0.05, 0.1) is 11.9 Å². The third-order valence-corrected chi connectivity index (χ3v) is 2.95. The number of halogens is 1. The van der Waals surface area contributed by atoms with Crippen LogP contribution < -0.4 is 21.2 Å². The number of benzene rings is 2. The zero-order chi connectivity index (χ0) is 18.9. The minimum Gasteiger partial charge on any atom is -0.484 e. The van der Waals surface area contributed by atoms with Crippen molar-refractivity contribution in [3.8, 4) is 5.75 Å². The van der Waals surface area contributed by atoms with Gasteiger partial charge in [0.2, 0.25) is 0 Å². The molecule has 0 saturated carbocycles. The molecule has 0 bridgehead atoms. The molecule has 0 aromatic heterocycles. The number of carbonyl (C=O) groups excluding carboxylic acids is 3. The van der Waals surface area contributed by atoms with Crippen LogP contribution in [0.2, 0.25) is 0 Å². The average molecular weight is 358 g/mol. The second-order valence-electron chi connectivity index (χ2n) is 4.96. The van der Waals surface area contributed by atoms with E-state index in [9.17, 15) is 18.8 Å². The van der Waals surface area contributed by atoms with Crippen LogP contribution in [0.1, 0.15) is 5.56 Å². The molecule has 134 valence electrons. The number of anilines is 1. The molecule has 0 fully saturated rings. The van der Waals surface area contributed by atoms with E-state index in [-0.39, 0.29) is 12.3 Å². The highest BCUT2D eigenvalue weighted by molar-refractivity contribution is 6.39. The molecule has 0 aliphatic heterocycles. The zero-order valence-corrected chi connectivity index (χ0v) is 13.4. The maximum absolute atomic E-state index is 13.4. The van der Waals surface area contributed by atoms with Gasteiger partial charge in [0.25, 0.3) is 5.91 Å². The van der Waals surface area contributed by atoms with Gasteiger partial charge in [-0.05, 0) is 29.8 Å².